The first kappa shape index (κ1) is 92.6. The third kappa shape index (κ3) is 28.9. The number of nitrogens with zero attached hydrogens (tertiary/aromatic N) is 5. The Morgan fingerprint density at radius 3 is 1.36 bits per heavy atom. The van der Waals surface area contributed by atoms with Crippen molar-refractivity contribution in [2.75, 3.05) is 35.7 Å². The maximum absolute atomic E-state index is 12.7. The summed E-state index contributed by atoms with van der Waals surface area (Å²) in [6.07, 6.45) is 7.50. The molecule has 10 aromatic rings. The highest BCUT2D eigenvalue weighted by atomic mass is 35.5. The van der Waals surface area contributed by atoms with Crippen LogP contribution in [-0.4, -0.2) is 85.0 Å². The normalized spacial score (nSPS) is 10.7. The van der Waals surface area contributed by atoms with E-state index in [1.165, 1.54) is 33.9 Å². The topological polar surface area (TPSA) is 353 Å². The number of amides is 4. The van der Waals surface area contributed by atoms with Gasteiger partial charge in [0, 0.05) is 36.0 Å². The number of aliphatic hydroxyl groups excluding tert-OH is 1. The van der Waals surface area contributed by atoms with E-state index in [1.54, 1.807) is 12.1 Å². The second-order valence-corrected chi connectivity index (χ2v) is 33.5. The number of carboxylic acids is 1. The van der Waals surface area contributed by atoms with Gasteiger partial charge in [0.05, 0.1) is 47.9 Å². The number of aromatic carboxylic acids is 1. The monoisotopic (exact) mass is 1710 g/mol. The van der Waals surface area contributed by atoms with Gasteiger partial charge in [-0.15, -0.1) is 0 Å². The van der Waals surface area contributed by atoms with E-state index >= 15 is 0 Å². The molecule has 0 unspecified atom stereocenters. The smallest absolute Gasteiger partial charge is 0.338 e. The number of aliphatic hydroxyl groups is 1. The van der Waals surface area contributed by atoms with Crippen LogP contribution in [0.25, 0.3) is 16.7 Å². The number of hydrogen-bond donors (Lipinski definition) is 9. The molecule has 5 heterocycles. The molecule has 5 aromatic carbocycles. The number of H-pyrrole nitrogens is 1. The van der Waals surface area contributed by atoms with Crippen LogP contribution in [0.2, 0.25) is 74.3 Å². The number of halogens is 11. The lowest BCUT2D eigenvalue weighted by atomic mass is 10.1. The van der Waals surface area contributed by atoms with E-state index in [1.807, 2.05) is 104 Å². The van der Waals surface area contributed by atoms with Gasteiger partial charge in [-0.3, -0.25) is 24.7 Å². The van der Waals surface area contributed by atoms with Crippen LogP contribution in [0.5, 0.6) is 0 Å². The maximum Gasteiger partial charge on any atom is 0.338 e. The minimum absolute atomic E-state index is 0.00772. The molecular weight excluding hydrogens is 1630 g/mol. The Bertz CT molecular complexity index is 4680. The molecule has 0 saturated heterocycles. The van der Waals surface area contributed by atoms with Crippen molar-refractivity contribution < 1.29 is 33.8 Å². The van der Waals surface area contributed by atoms with Crippen LogP contribution < -0.4 is 44.8 Å². The lowest BCUT2D eigenvalue weighted by molar-refractivity contribution is 0.0695. The van der Waals surface area contributed by atoms with Crippen molar-refractivity contribution >= 4 is 194 Å². The summed E-state index contributed by atoms with van der Waals surface area (Å²) in [5.74, 6) is -2.60. The fourth-order valence-electron chi connectivity index (χ4n) is 9.13. The van der Waals surface area contributed by atoms with Crippen molar-refractivity contribution in [3.8, 4) is 5.69 Å². The number of rotatable bonds is 17. The molecule has 0 aliphatic rings. The van der Waals surface area contributed by atoms with Gasteiger partial charge in [-0.05, 0) is 133 Å². The Kier molecular flexibility index (Phi) is 38.9. The molecule has 0 spiro atoms. The number of benzene rings is 5. The highest BCUT2D eigenvalue weighted by Crippen LogP contribution is 2.37. The number of aryl methyl sites for hydroxylation is 3. The molecular formula is C75H81Cl11N12O9Si. The van der Waals surface area contributed by atoms with Crippen LogP contribution in [0.1, 0.15) is 120 Å². The summed E-state index contributed by atoms with van der Waals surface area (Å²) in [5.41, 5.74) is 30.2. The lowest BCUT2D eigenvalue weighted by Gasteiger charge is -2.36. The van der Waals surface area contributed by atoms with Gasteiger partial charge >= 0.3 is 17.7 Å². The van der Waals surface area contributed by atoms with E-state index in [4.69, 9.17) is 165 Å². The molecule has 0 saturated carbocycles. The van der Waals surface area contributed by atoms with Crippen molar-refractivity contribution in [3.63, 3.8) is 0 Å². The van der Waals surface area contributed by atoms with Gasteiger partial charge in [0.15, 0.2) is 14.0 Å². The second-order valence-electron chi connectivity index (χ2n) is 24.6. The van der Waals surface area contributed by atoms with E-state index < -0.39 is 43.4 Å². The highest BCUT2D eigenvalue weighted by molar-refractivity contribution is 6.74. The third-order valence-electron chi connectivity index (χ3n) is 15.7. The predicted octanol–water partition coefficient (Wildman–Crippen LogP) is 20.0. The number of primary amides is 1. The summed E-state index contributed by atoms with van der Waals surface area (Å²) in [4.78, 5) is 87.7. The van der Waals surface area contributed by atoms with E-state index in [9.17, 15) is 28.8 Å². The Balaban J connectivity index is 0.000000281. The van der Waals surface area contributed by atoms with Gasteiger partial charge < -0.3 is 42.9 Å². The Labute approximate surface area is 681 Å². The number of imide groups is 1. The molecule has 33 heteroatoms. The summed E-state index contributed by atoms with van der Waals surface area (Å²) in [7, 11) is -1.89. The fraction of sp³-hybridized carbons (Fsp3) is 0.253. The first-order chi connectivity index (χ1) is 50.9. The number of anilines is 4. The number of carboxylic acid groups (broad SMARTS) is 1. The zero-order chi connectivity index (χ0) is 80.8. The molecule has 0 atom stereocenters. The minimum atomic E-state index is -1.89. The van der Waals surface area contributed by atoms with Crippen molar-refractivity contribution in [1.82, 2.24) is 34.8 Å². The SMILES string of the molecule is CC(C)(C)[Si](C)(C)OCCc1ccccc1-n1c(=O)[nH]c(=O)c2cc(Cl)c(Cl)nc21.CCCc1ccccc1N.CCCc1ccccc1N.CCCc1ccccc1NC(=O)NC(=O)c1cc(Cl)c(Cl)nc1Cl.NC(=O)c1cc(Cl)c(Cl)nc1Cl.Nc1ccccc1CCO.O=C(O)c1cc(Cl)c(Cl)nc1Cl. The third-order valence-corrected chi connectivity index (χ3v) is 23.8. The summed E-state index contributed by atoms with van der Waals surface area (Å²) in [6, 6.07) is 42.9. The molecule has 4 amide bonds. The molecule has 13 N–H and O–H groups in total. The number of aromatic amines is 1. The zero-order valence-electron chi connectivity index (χ0n) is 59.9. The van der Waals surface area contributed by atoms with Crippen LogP contribution in [0.15, 0.2) is 155 Å². The quantitative estimate of drug-likeness (QED) is 0.0232. The fourth-order valence-corrected chi connectivity index (χ4v) is 12.1. The first-order valence-electron chi connectivity index (χ1n) is 33.0. The van der Waals surface area contributed by atoms with Crippen molar-refractivity contribution in [2.45, 2.75) is 111 Å². The predicted molar refractivity (Wildman–Crippen MR) is 446 cm³/mol. The average Bonchev–Trinajstić information content (AvgIpc) is 0.759. The zero-order valence-corrected chi connectivity index (χ0v) is 69.2. The van der Waals surface area contributed by atoms with Gasteiger partial charge in [-0.1, -0.05) is 279 Å². The molecule has 21 nitrogen and oxygen atoms in total. The summed E-state index contributed by atoms with van der Waals surface area (Å²) < 4.78 is 7.66. The van der Waals surface area contributed by atoms with Crippen LogP contribution in [0.3, 0.4) is 0 Å². The molecule has 108 heavy (non-hydrogen) atoms. The molecule has 576 valence electrons. The van der Waals surface area contributed by atoms with Gasteiger partial charge in [0.1, 0.15) is 36.1 Å². The molecule has 5 aromatic heterocycles. The second kappa shape index (κ2) is 45.4. The summed E-state index contributed by atoms with van der Waals surface area (Å²) in [6.45, 7) is 18.0. The van der Waals surface area contributed by atoms with Crippen LogP contribution in [-0.2, 0) is 36.5 Å². The van der Waals surface area contributed by atoms with Crippen LogP contribution >= 0.6 is 128 Å². The number of aromatic nitrogens is 6. The van der Waals surface area contributed by atoms with Crippen molar-refractivity contribution in [2.24, 2.45) is 5.73 Å². The molecule has 0 aliphatic heterocycles. The number of urea groups is 1. The van der Waals surface area contributed by atoms with Crippen molar-refractivity contribution in [1.29, 1.82) is 0 Å². The number of nitrogens with two attached hydrogens (primary N) is 4. The molecule has 0 aliphatic carbocycles. The van der Waals surface area contributed by atoms with Gasteiger partial charge in [-0.2, -0.15) is 0 Å². The highest BCUT2D eigenvalue weighted by Gasteiger charge is 2.37. The molecule has 0 radical (unpaired) electrons. The maximum atomic E-state index is 12.7. The Morgan fingerprint density at radius 2 is 0.907 bits per heavy atom. The summed E-state index contributed by atoms with van der Waals surface area (Å²) in [5, 5.41) is 22.4. The van der Waals surface area contributed by atoms with Crippen LogP contribution in [0.4, 0.5) is 27.5 Å². The number of nitrogen functional groups attached to an aromatic ring is 3. The Morgan fingerprint density at radius 1 is 0.519 bits per heavy atom. The Hall–Kier alpha value is -7.75. The largest absolute Gasteiger partial charge is 0.478 e. The molecule has 0 fully saturated rings. The van der Waals surface area contributed by atoms with E-state index in [0.717, 1.165) is 78.3 Å². The van der Waals surface area contributed by atoms with Crippen LogP contribution in [0, 0.1) is 0 Å². The number of carbonyl (C=O) groups excluding carboxylic acids is 3. The average molecular weight is 1710 g/mol. The minimum Gasteiger partial charge on any atom is -0.478 e. The number of carbonyl (C=O) groups is 4. The van der Waals surface area contributed by atoms with E-state index in [-0.39, 0.29) is 95.5 Å². The van der Waals surface area contributed by atoms with E-state index in [2.05, 4.69) is 95.4 Å². The molecule has 10 rings (SSSR count). The molecule has 0 bridgehead atoms. The number of fused-ring (bicyclic) bond motifs is 1. The lowest BCUT2D eigenvalue weighted by Crippen LogP contribution is -2.41. The summed E-state index contributed by atoms with van der Waals surface area (Å²) >= 11 is 62.6. The first-order valence-corrected chi connectivity index (χ1v) is 40.1. The standard InChI is InChI=1S/C21H25Cl2N3O3Si.C16H14Cl3N3O2.2C9H13N.C8H11NO.C6H3Cl3N2O.C6H2Cl3NO2/c1-21(2,3)30(4,5)29-11-10-13-8-6-7-9-16(13)26-18-14(19(27)25-20(26)28)12-15(22)17(23)24-18;1-2-5-9-6-3-4-7-12(9)20-16(24)22-15(23)10-8-11(17)14(19)21-13(10)18;2*1-2-5-8-6-3-4-7-9(8)10;9-8-4-2-1-3-7(8)5-6-10;7-3-1-2(6(10)12)4(8)11-5(3)9;7-3-1-2(6(11)12)4(8)10-5(3)9/h6-9,12H,10-11H2,1-5H3,(H,25,27,28);3-4,6-8H,2,5H2,1H3,(H2,20,22,23,24);2*3-4,6-7H,2,5,10H2,1H3;1-4,10H,5-6,9H2;1H,(H2,10,12);1H,(H,11,12). The van der Waals surface area contributed by atoms with Gasteiger partial charge in [0.25, 0.3) is 17.4 Å². The number of pyridine rings is 4. The number of nitrogens with one attached hydrogen (secondary N) is 3. The van der Waals surface area contributed by atoms with Crippen molar-refractivity contribution in [3.05, 3.63) is 267 Å². The number of hydrogen-bond acceptors (Lipinski definition) is 15. The number of para-hydroxylation sites is 5. The van der Waals surface area contributed by atoms with E-state index in [0.29, 0.717) is 30.8 Å². The van der Waals surface area contributed by atoms with Gasteiger partial charge in [0.2, 0.25) is 0 Å². The van der Waals surface area contributed by atoms with Gasteiger partial charge in [-0.25, -0.2) is 38.9 Å².